The minimum absolute atomic E-state index is 0.131. The number of nitrogens with zero attached hydrogens (tertiary/aromatic N) is 1. The van der Waals surface area contributed by atoms with Crippen LogP contribution in [0.15, 0.2) is 78.0 Å². The van der Waals surface area contributed by atoms with Crippen LogP contribution in [0.3, 0.4) is 0 Å². The van der Waals surface area contributed by atoms with Crippen molar-refractivity contribution in [2.75, 3.05) is 7.11 Å². The van der Waals surface area contributed by atoms with Crippen LogP contribution in [0.4, 0.5) is 0 Å². The molecule has 3 aromatic rings. The zero-order chi connectivity index (χ0) is 22.3. The number of hydrogen-bond donors (Lipinski definition) is 2. The van der Waals surface area contributed by atoms with Gasteiger partial charge in [0.2, 0.25) is 15.9 Å². The standard InChI is InChI=1S/C22H22ClN3O4S/c1-30-20-10-9-18(23)13-21(20)31(28,29)26-19(12-16-6-3-2-4-7-16)22(27)25-15-17-8-5-11-24-14-17/h2-11,13-14,19,26H,12,15H2,1H3,(H,25,27)/t19-/m1/s1. The lowest BCUT2D eigenvalue weighted by atomic mass is 10.1. The van der Waals surface area contributed by atoms with Crippen molar-refractivity contribution >= 4 is 27.5 Å². The first-order valence-electron chi connectivity index (χ1n) is 9.45. The smallest absolute Gasteiger partial charge is 0.245 e. The van der Waals surface area contributed by atoms with E-state index in [0.717, 1.165) is 11.1 Å². The second-order valence-corrected chi connectivity index (χ2v) is 8.86. The number of carbonyl (C=O) groups is 1. The molecule has 9 heteroatoms. The van der Waals surface area contributed by atoms with Crippen molar-refractivity contribution in [3.8, 4) is 5.75 Å². The van der Waals surface area contributed by atoms with Gasteiger partial charge in [-0.2, -0.15) is 4.72 Å². The molecule has 0 saturated carbocycles. The van der Waals surface area contributed by atoms with E-state index in [1.807, 2.05) is 36.4 Å². The highest BCUT2D eigenvalue weighted by Crippen LogP contribution is 2.27. The van der Waals surface area contributed by atoms with Crippen LogP contribution in [-0.4, -0.2) is 32.5 Å². The Morgan fingerprint density at radius 1 is 1.10 bits per heavy atom. The van der Waals surface area contributed by atoms with Crippen molar-refractivity contribution in [3.63, 3.8) is 0 Å². The normalized spacial score (nSPS) is 12.2. The van der Waals surface area contributed by atoms with Gasteiger partial charge in [-0.15, -0.1) is 0 Å². The Kier molecular flexibility index (Phi) is 7.62. The lowest BCUT2D eigenvalue weighted by molar-refractivity contribution is -0.122. The van der Waals surface area contributed by atoms with Gasteiger partial charge < -0.3 is 10.1 Å². The van der Waals surface area contributed by atoms with Gasteiger partial charge in [0.1, 0.15) is 16.7 Å². The third kappa shape index (κ3) is 6.27. The molecule has 1 heterocycles. The Morgan fingerprint density at radius 3 is 2.52 bits per heavy atom. The van der Waals surface area contributed by atoms with Crippen LogP contribution in [0, 0.1) is 0 Å². The van der Waals surface area contributed by atoms with Gasteiger partial charge in [0.15, 0.2) is 0 Å². The second kappa shape index (κ2) is 10.4. The Labute approximate surface area is 186 Å². The largest absolute Gasteiger partial charge is 0.495 e. The summed E-state index contributed by atoms with van der Waals surface area (Å²) in [6.45, 7) is 0.222. The van der Waals surface area contributed by atoms with Gasteiger partial charge in [0, 0.05) is 24.0 Å². The van der Waals surface area contributed by atoms with Crippen LogP contribution in [0.25, 0.3) is 0 Å². The first kappa shape index (κ1) is 22.7. The van der Waals surface area contributed by atoms with Crippen molar-refractivity contribution in [2.45, 2.75) is 23.9 Å². The Bertz CT molecular complexity index is 1130. The van der Waals surface area contributed by atoms with Crippen molar-refractivity contribution < 1.29 is 17.9 Å². The van der Waals surface area contributed by atoms with E-state index in [1.165, 1.54) is 25.3 Å². The Hall–Kier alpha value is -2.94. The topological polar surface area (TPSA) is 97.4 Å². The van der Waals surface area contributed by atoms with Crippen LogP contribution in [-0.2, 0) is 27.8 Å². The summed E-state index contributed by atoms with van der Waals surface area (Å²) >= 11 is 5.99. The number of pyridine rings is 1. The van der Waals surface area contributed by atoms with Crippen molar-refractivity contribution in [1.82, 2.24) is 15.0 Å². The molecule has 0 bridgehead atoms. The third-order valence-electron chi connectivity index (χ3n) is 4.50. The maximum absolute atomic E-state index is 13.1. The fourth-order valence-electron chi connectivity index (χ4n) is 2.96. The van der Waals surface area contributed by atoms with Crippen LogP contribution < -0.4 is 14.8 Å². The minimum atomic E-state index is -4.11. The number of aromatic nitrogens is 1. The molecular formula is C22H22ClN3O4S. The van der Waals surface area contributed by atoms with Crippen LogP contribution in [0.5, 0.6) is 5.75 Å². The quantitative estimate of drug-likeness (QED) is 0.512. The predicted octanol–water partition coefficient (Wildman–Crippen LogP) is 2.95. The Morgan fingerprint density at radius 2 is 1.84 bits per heavy atom. The average molecular weight is 460 g/mol. The number of benzene rings is 2. The number of halogens is 1. The van der Waals surface area contributed by atoms with Crippen LogP contribution >= 0.6 is 11.6 Å². The zero-order valence-corrected chi connectivity index (χ0v) is 18.4. The highest BCUT2D eigenvalue weighted by Gasteiger charge is 2.28. The molecule has 162 valence electrons. The lowest BCUT2D eigenvalue weighted by Crippen LogP contribution is -2.47. The summed E-state index contributed by atoms with van der Waals surface area (Å²) in [6, 6.07) is 16.0. The van der Waals surface area contributed by atoms with Gasteiger partial charge in [-0.1, -0.05) is 48.0 Å². The number of sulfonamides is 1. The van der Waals surface area contributed by atoms with Gasteiger partial charge in [-0.25, -0.2) is 8.42 Å². The van der Waals surface area contributed by atoms with Crippen molar-refractivity contribution in [3.05, 3.63) is 89.2 Å². The van der Waals surface area contributed by atoms with E-state index in [4.69, 9.17) is 16.3 Å². The molecule has 0 spiro atoms. The number of nitrogens with one attached hydrogen (secondary N) is 2. The minimum Gasteiger partial charge on any atom is -0.495 e. The number of amides is 1. The fraction of sp³-hybridized carbons (Fsp3) is 0.182. The maximum Gasteiger partial charge on any atom is 0.245 e. The predicted molar refractivity (Wildman–Crippen MR) is 118 cm³/mol. The number of ether oxygens (including phenoxy) is 1. The number of rotatable bonds is 9. The van der Waals surface area contributed by atoms with Gasteiger partial charge in [-0.05, 0) is 41.8 Å². The highest BCUT2D eigenvalue weighted by atomic mass is 35.5. The molecule has 2 N–H and O–H groups in total. The monoisotopic (exact) mass is 459 g/mol. The molecular weight excluding hydrogens is 438 g/mol. The third-order valence-corrected chi connectivity index (χ3v) is 6.23. The summed E-state index contributed by atoms with van der Waals surface area (Å²) in [5.74, 6) is -0.330. The van der Waals surface area contributed by atoms with Gasteiger partial charge in [-0.3, -0.25) is 9.78 Å². The molecule has 0 aliphatic carbocycles. The van der Waals surface area contributed by atoms with Gasteiger partial charge >= 0.3 is 0 Å². The van der Waals surface area contributed by atoms with Crippen molar-refractivity contribution in [1.29, 1.82) is 0 Å². The molecule has 0 saturated heterocycles. The zero-order valence-electron chi connectivity index (χ0n) is 16.8. The summed E-state index contributed by atoms with van der Waals surface area (Å²) in [4.78, 5) is 16.8. The van der Waals surface area contributed by atoms with Crippen molar-refractivity contribution in [2.24, 2.45) is 0 Å². The van der Waals surface area contributed by atoms with E-state index in [2.05, 4.69) is 15.0 Å². The first-order valence-corrected chi connectivity index (χ1v) is 11.3. The second-order valence-electron chi connectivity index (χ2n) is 6.74. The van der Waals surface area contributed by atoms with E-state index in [0.29, 0.717) is 0 Å². The SMILES string of the molecule is COc1ccc(Cl)cc1S(=O)(=O)N[C@H](Cc1ccccc1)C(=O)NCc1cccnc1. The van der Waals surface area contributed by atoms with Crippen LogP contribution in [0.2, 0.25) is 5.02 Å². The lowest BCUT2D eigenvalue weighted by Gasteiger charge is -2.20. The maximum atomic E-state index is 13.1. The molecule has 1 amide bonds. The molecule has 7 nitrogen and oxygen atoms in total. The number of methoxy groups -OCH3 is 1. The number of hydrogen-bond acceptors (Lipinski definition) is 5. The van der Waals surface area contributed by atoms with E-state index < -0.39 is 22.0 Å². The molecule has 0 aliphatic heterocycles. The first-order chi connectivity index (χ1) is 14.9. The summed E-state index contributed by atoms with van der Waals surface area (Å²) in [5, 5.41) is 3.01. The van der Waals surface area contributed by atoms with Gasteiger partial charge in [0.05, 0.1) is 7.11 Å². The summed E-state index contributed by atoms with van der Waals surface area (Å²) in [7, 11) is -2.74. The molecule has 31 heavy (non-hydrogen) atoms. The fourth-order valence-corrected chi connectivity index (χ4v) is 4.59. The molecule has 2 aromatic carbocycles. The molecule has 0 unspecified atom stereocenters. The van der Waals surface area contributed by atoms with E-state index in [-0.39, 0.29) is 28.6 Å². The molecule has 0 aliphatic rings. The molecule has 0 radical (unpaired) electrons. The van der Waals surface area contributed by atoms with E-state index in [1.54, 1.807) is 18.5 Å². The molecule has 0 fully saturated rings. The molecule has 1 aromatic heterocycles. The number of carbonyl (C=O) groups excluding carboxylic acids is 1. The average Bonchev–Trinajstić information content (AvgIpc) is 2.78. The molecule has 1 atom stereocenters. The molecule has 3 rings (SSSR count). The highest BCUT2D eigenvalue weighted by molar-refractivity contribution is 7.89. The summed E-state index contributed by atoms with van der Waals surface area (Å²) < 4.78 is 33.9. The summed E-state index contributed by atoms with van der Waals surface area (Å²) in [5.41, 5.74) is 1.61. The van der Waals surface area contributed by atoms with E-state index in [9.17, 15) is 13.2 Å². The summed E-state index contributed by atoms with van der Waals surface area (Å²) in [6.07, 6.45) is 3.44. The van der Waals surface area contributed by atoms with E-state index >= 15 is 0 Å². The Balaban J connectivity index is 1.85. The van der Waals surface area contributed by atoms with Crippen LogP contribution in [0.1, 0.15) is 11.1 Å². The van der Waals surface area contributed by atoms with Gasteiger partial charge in [0.25, 0.3) is 0 Å².